The molecule has 0 aliphatic carbocycles. The van der Waals surface area contributed by atoms with Crippen molar-refractivity contribution in [2.75, 3.05) is 10.6 Å². The molecule has 0 unspecified atom stereocenters. The average molecular weight is 243 g/mol. The minimum absolute atomic E-state index is 0.228. The minimum atomic E-state index is -0.228. The molecule has 0 bridgehead atoms. The van der Waals surface area contributed by atoms with Gasteiger partial charge in [0.05, 0.1) is 23.0 Å². The summed E-state index contributed by atoms with van der Waals surface area (Å²) in [6, 6.07) is 6.54. The number of benzene rings is 1. The van der Waals surface area contributed by atoms with Crippen molar-refractivity contribution in [3.05, 3.63) is 23.8 Å². The van der Waals surface area contributed by atoms with E-state index in [9.17, 15) is 9.59 Å². The molecule has 1 aliphatic heterocycles. The van der Waals surface area contributed by atoms with E-state index in [1.54, 1.807) is 12.1 Å². The molecule has 0 radical (unpaired) electrons. The summed E-state index contributed by atoms with van der Waals surface area (Å²) in [5.74, 6) is -0.456. The van der Waals surface area contributed by atoms with Crippen molar-refractivity contribution in [2.45, 2.75) is 25.7 Å². The number of amides is 2. The highest BCUT2D eigenvalue weighted by Gasteiger charge is 2.26. The van der Waals surface area contributed by atoms with Gasteiger partial charge in [0.25, 0.3) is 0 Å². The lowest BCUT2D eigenvalue weighted by atomic mass is 10.1. The maximum atomic E-state index is 11.9. The molecule has 1 aromatic rings. The second-order valence-electron chi connectivity index (χ2n) is 4.22. The molecule has 0 saturated carbocycles. The van der Waals surface area contributed by atoms with Gasteiger partial charge in [-0.15, -0.1) is 0 Å². The van der Waals surface area contributed by atoms with Gasteiger partial charge in [0.1, 0.15) is 0 Å². The Hall–Kier alpha value is -2.35. The zero-order chi connectivity index (χ0) is 13.1. The van der Waals surface area contributed by atoms with Crippen LogP contribution >= 0.6 is 0 Å². The average Bonchev–Trinajstić information content (AvgIpc) is 2.51. The van der Waals surface area contributed by atoms with Crippen molar-refractivity contribution < 1.29 is 9.59 Å². The number of anilines is 2. The van der Waals surface area contributed by atoms with E-state index >= 15 is 0 Å². The van der Waals surface area contributed by atoms with Crippen LogP contribution in [0.1, 0.15) is 31.2 Å². The van der Waals surface area contributed by atoms with Gasteiger partial charge in [-0.3, -0.25) is 9.59 Å². The number of carbonyl (C=O) groups excluding carboxylic acids is 2. The highest BCUT2D eigenvalue weighted by molar-refractivity contribution is 6.16. The Morgan fingerprint density at radius 1 is 1.17 bits per heavy atom. The van der Waals surface area contributed by atoms with Gasteiger partial charge in [-0.1, -0.05) is 0 Å². The van der Waals surface area contributed by atoms with Crippen molar-refractivity contribution >= 4 is 23.2 Å². The van der Waals surface area contributed by atoms with Crippen LogP contribution in [0.3, 0.4) is 0 Å². The number of rotatable bonds is 1. The molecule has 2 N–H and O–H groups in total. The van der Waals surface area contributed by atoms with E-state index in [0.717, 1.165) is 17.7 Å². The summed E-state index contributed by atoms with van der Waals surface area (Å²) in [4.78, 5) is 25.0. The first-order chi connectivity index (χ1) is 8.63. The Balaban J connectivity index is 2.43. The topological polar surface area (TPSA) is 87.2 Å². The molecule has 2 amide bonds. The Labute approximate surface area is 105 Å². The van der Waals surface area contributed by atoms with Crippen molar-refractivity contribution in [3.8, 4) is 6.07 Å². The second kappa shape index (κ2) is 4.88. The quantitative estimate of drug-likeness (QED) is 0.599. The summed E-state index contributed by atoms with van der Waals surface area (Å²) in [5.41, 5.74) is 6.87. The van der Waals surface area contributed by atoms with E-state index in [-0.39, 0.29) is 17.5 Å². The summed E-state index contributed by atoms with van der Waals surface area (Å²) in [6.45, 7) is 0. The molecule has 0 spiro atoms. The van der Waals surface area contributed by atoms with Gasteiger partial charge in [0, 0.05) is 12.8 Å². The Bertz CT molecular complexity index is 528. The predicted octanol–water partition coefficient (Wildman–Crippen LogP) is 1.57. The van der Waals surface area contributed by atoms with Crippen molar-refractivity contribution in [1.82, 2.24) is 0 Å². The van der Waals surface area contributed by atoms with Crippen LogP contribution in [0.5, 0.6) is 0 Å². The standard InChI is InChI=1S/C13H13N3O2/c14-8-9-5-6-11(10(15)7-9)16-12(17)3-1-2-4-13(16)18/h5-7H,1-4,15H2. The smallest absolute Gasteiger partial charge is 0.233 e. The normalized spacial score (nSPS) is 16.3. The molecule has 0 atom stereocenters. The SMILES string of the molecule is N#Cc1ccc(N2C(=O)CCCCC2=O)c(N)c1. The summed E-state index contributed by atoms with van der Waals surface area (Å²) >= 11 is 0. The molecular formula is C13H13N3O2. The van der Waals surface area contributed by atoms with Crippen LogP contribution in [-0.2, 0) is 9.59 Å². The molecule has 5 heteroatoms. The van der Waals surface area contributed by atoms with Crippen LogP contribution in [-0.4, -0.2) is 11.8 Å². The third kappa shape index (κ3) is 2.18. The van der Waals surface area contributed by atoms with Crippen LogP contribution in [0.25, 0.3) is 0 Å². The fourth-order valence-corrected chi connectivity index (χ4v) is 2.01. The van der Waals surface area contributed by atoms with Crippen molar-refractivity contribution in [2.24, 2.45) is 0 Å². The van der Waals surface area contributed by atoms with Crippen LogP contribution in [0.2, 0.25) is 0 Å². The van der Waals surface area contributed by atoms with E-state index in [0.29, 0.717) is 24.1 Å². The van der Waals surface area contributed by atoms with Gasteiger partial charge in [-0.25, -0.2) is 4.90 Å². The molecule has 1 saturated heterocycles. The number of nitrogens with two attached hydrogens (primary N) is 1. The lowest BCUT2D eigenvalue weighted by molar-refractivity contribution is -0.125. The highest BCUT2D eigenvalue weighted by Crippen LogP contribution is 2.27. The largest absolute Gasteiger partial charge is 0.397 e. The van der Waals surface area contributed by atoms with E-state index < -0.39 is 0 Å². The number of imide groups is 1. The van der Waals surface area contributed by atoms with Gasteiger partial charge in [0.15, 0.2) is 0 Å². The predicted molar refractivity (Wildman–Crippen MR) is 66.5 cm³/mol. The zero-order valence-corrected chi connectivity index (χ0v) is 9.85. The first kappa shape index (κ1) is 12.1. The van der Waals surface area contributed by atoms with Crippen LogP contribution < -0.4 is 10.6 Å². The molecule has 0 aromatic heterocycles. The summed E-state index contributed by atoms with van der Waals surface area (Å²) in [7, 11) is 0. The number of nitrogens with zero attached hydrogens (tertiary/aromatic N) is 2. The minimum Gasteiger partial charge on any atom is -0.397 e. The lowest BCUT2D eigenvalue weighted by Gasteiger charge is -2.20. The molecule has 92 valence electrons. The monoisotopic (exact) mass is 243 g/mol. The Morgan fingerprint density at radius 2 is 1.78 bits per heavy atom. The number of hydrogen-bond donors (Lipinski definition) is 1. The van der Waals surface area contributed by atoms with Crippen LogP contribution in [0.4, 0.5) is 11.4 Å². The molecule has 5 nitrogen and oxygen atoms in total. The van der Waals surface area contributed by atoms with Gasteiger partial charge in [-0.05, 0) is 31.0 Å². The van der Waals surface area contributed by atoms with Gasteiger partial charge in [0.2, 0.25) is 11.8 Å². The fourth-order valence-electron chi connectivity index (χ4n) is 2.01. The molecule has 1 aromatic carbocycles. The first-order valence-corrected chi connectivity index (χ1v) is 5.79. The van der Waals surface area contributed by atoms with Crippen molar-refractivity contribution in [3.63, 3.8) is 0 Å². The molecule has 1 fully saturated rings. The van der Waals surface area contributed by atoms with Crippen LogP contribution in [0.15, 0.2) is 18.2 Å². The van der Waals surface area contributed by atoms with Crippen molar-refractivity contribution in [1.29, 1.82) is 5.26 Å². The Morgan fingerprint density at radius 3 is 2.28 bits per heavy atom. The number of hydrogen-bond acceptors (Lipinski definition) is 4. The van der Waals surface area contributed by atoms with E-state index in [4.69, 9.17) is 11.0 Å². The maximum absolute atomic E-state index is 11.9. The summed E-state index contributed by atoms with van der Waals surface area (Å²) < 4.78 is 0. The molecular weight excluding hydrogens is 230 g/mol. The van der Waals surface area contributed by atoms with E-state index in [1.165, 1.54) is 6.07 Å². The molecule has 1 heterocycles. The number of carbonyl (C=O) groups is 2. The molecule has 2 rings (SSSR count). The third-order valence-corrected chi connectivity index (χ3v) is 2.93. The molecule has 18 heavy (non-hydrogen) atoms. The highest BCUT2D eigenvalue weighted by atomic mass is 16.2. The van der Waals surface area contributed by atoms with Gasteiger partial charge < -0.3 is 5.73 Å². The maximum Gasteiger partial charge on any atom is 0.233 e. The summed E-state index contributed by atoms with van der Waals surface area (Å²) in [5, 5.41) is 8.76. The summed E-state index contributed by atoms with van der Waals surface area (Å²) in [6.07, 6.45) is 2.14. The molecule has 1 aliphatic rings. The number of nitriles is 1. The van der Waals surface area contributed by atoms with Gasteiger partial charge in [-0.2, -0.15) is 5.26 Å². The second-order valence-corrected chi connectivity index (χ2v) is 4.22. The number of nitrogen functional groups attached to an aromatic ring is 1. The fraction of sp³-hybridized carbons (Fsp3) is 0.308. The Kier molecular flexibility index (Phi) is 3.28. The van der Waals surface area contributed by atoms with E-state index in [1.807, 2.05) is 6.07 Å². The van der Waals surface area contributed by atoms with Gasteiger partial charge >= 0.3 is 0 Å². The lowest BCUT2D eigenvalue weighted by Crippen LogP contribution is -2.35. The van der Waals surface area contributed by atoms with Crippen LogP contribution in [0, 0.1) is 11.3 Å². The third-order valence-electron chi connectivity index (χ3n) is 2.93. The zero-order valence-electron chi connectivity index (χ0n) is 9.85. The first-order valence-electron chi connectivity index (χ1n) is 5.79. The van der Waals surface area contributed by atoms with E-state index in [2.05, 4.69) is 0 Å².